The molecule has 1 N–H and O–H groups in total. The molecule has 0 atom stereocenters. The van der Waals surface area contributed by atoms with Crippen LogP contribution in [-0.2, 0) is 21.4 Å². The van der Waals surface area contributed by atoms with E-state index in [2.05, 4.69) is 5.32 Å². The van der Waals surface area contributed by atoms with Crippen molar-refractivity contribution in [3.8, 4) is 0 Å². The van der Waals surface area contributed by atoms with Gasteiger partial charge in [0.25, 0.3) is 0 Å². The number of carbonyl (C=O) groups excluding carboxylic acids is 1. The van der Waals surface area contributed by atoms with Gasteiger partial charge in [-0.3, -0.25) is 4.79 Å². The van der Waals surface area contributed by atoms with Crippen LogP contribution in [0.25, 0.3) is 6.08 Å². The van der Waals surface area contributed by atoms with Crippen molar-refractivity contribution in [2.75, 3.05) is 13.1 Å². The molecule has 1 aliphatic heterocycles. The van der Waals surface area contributed by atoms with Crippen LogP contribution in [0.15, 0.2) is 65.6 Å². The Morgan fingerprint density at radius 2 is 1.63 bits per heavy atom. The van der Waals surface area contributed by atoms with Crippen molar-refractivity contribution in [3.05, 3.63) is 71.8 Å². The third-order valence-corrected chi connectivity index (χ3v) is 6.48. The minimum absolute atomic E-state index is 0.191. The first kappa shape index (κ1) is 19.3. The Labute approximate surface area is 160 Å². The zero-order chi connectivity index (χ0) is 19.1. The molecule has 27 heavy (non-hydrogen) atoms. The number of rotatable bonds is 6. The number of carbonyl (C=O) groups is 1. The molecule has 0 radical (unpaired) electrons. The Hall–Kier alpha value is -2.44. The normalized spacial score (nSPS) is 15.7. The second kappa shape index (κ2) is 8.97. The zero-order valence-electron chi connectivity index (χ0n) is 15.2. The third kappa shape index (κ3) is 5.28. The first-order valence-electron chi connectivity index (χ1n) is 9.16. The predicted molar refractivity (Wildman–Crippen MR) is 106 cm³/mol. The molecule has 1 heterocycles. The highest BCUT2D eigenvalue weighted by molar-refractivity contribution is 7.89. The lowest BCUT2D eigenvalue weighted by Crippen LogP contribution is -2.35. The van der Waals surface area contributed by atoms with Crippen molar-refractivity contribution < 1.29 is 13.2 Å². The summed E-state index contributed by atoms with van der Waals surface area (Å²) in [6.45, 7) is 1.53. The van der Waals surface area contributed by atoms with Crippen molar-refractivity contribution in [2.24, 2.45) is 0 Å². The van der Waals surface area contributed by atoms with Gasteiger partial charge in [-0.15, -0.1) is 0 Å². The van der Waals surface area contributed by atoms with Crippen molar-refractivity contribution in [1.82, 2.24) is 9.62 Å². The van der Waals surface area contributed by atoms with Crippen LogP contribution >= 0.6 is 0 Å². The second-order valence-corrected chi connectivity index (χ2v) is 8.51. The van der Waals surface area contributed by atoms with Gasteiger partial charge in [-0.25, -0.2) is 8.42 Å². The SMILES string of the molecule is O=C(/C=C/c1ccccc1)NCc1ccc(S(=O)(=O)N2CCCCC2)cc1. The fourth-order valence-electron chi connectivity index (χ4n) is 3.02. The number of amides is 1. The van der Waals surface area contributed by atoms with Crippen LogP contribution in [0.3, 0.4) is 0 Å². The highest BCUT2D eigenvalue weighted by Crippen LogP contribution is 2.20. The van der Waals surface area contributed by atoms with Gasteiger partial charge in [0, 0.05) is 25.7 Å². The summed E-state index contributed by atoms with van der Waals surface area (Å²) >= 11 is 0. The van der Waals surface area contributed by atoms with Gasteiger partial charge in [-0.2, -0.15) is 4.31 Å². The molecule has 3 rings (SSSR count). The highest BCUT2D eigenvalue weighted by atomic mass is 32.2. The van der Waals surface area contributed by atoms with Gasteiger partial charge >= 0.3 is 0 Å². The topological polar surface area (TPSA) is 66.5 Å². The van der Waals surface area contributed by atoms with Gasteiger partial charge in [0.2, 0.25) is 15.9 Å². The van der Waals surface area contributed by atoms with Gasteiger partial charge in [-0.1, -0.05) is 48.9 Å². The van der Waals surface area contributed by atoms with E-state index in [1.807, 2.05) is 30.3 Å². The molecule has 0 bridgehead atoms. The lowest BCUT2D eigenvalue weighted by atomic mass is 10.2. The predicted octanol–water partition coefficient (Wildman–Crippen LogP) is 3.19. The molecule has 2 aromatic carbocycles. The molecule has 142 valence electrons. The number of nitrogens with one attached hydrogen (secondary N) is 1. The first-order valence-corrected chi connectivity index (χ1v) is 10.6. The maximum atomic E-state index is 12.6. The molecule has 5 nitrogen and oxygen atoms in total. The average molecular weight is 385 g/mol. The highest BCUT2D eigenvalue weighted by Gasteiger charge is 2.25. The number of benzene rings is 2. The molecule has 6 heteroatoms. The Morgan fingerprint density at radius 3 is 2.30 bits per heavy atom. The Kier molecular flexibility index (Phi) is 6.42. The van der Waals surface area contributed by atoms with E-state index in [0.717, 1.165) is 30.4 Å². The fraction of sp³-hybridized carbons (Fsp3) is 0.286. The van der Waals surface area contributed by atoms with E-state index in [4.69, 9.17) is 0 Å². The van der Waals surface area contributed by atoms with Crippen LogP contribution < -0.4 is 5.32 Å². The molecule has 1 saturated heterocycles. The average Bonchev–Trinajstić information content (AvgIpc) is 2.72. The molecular formula is C21H24N2O3S. The molecule has 1 amide bonds. The van der Waals surface area contributed by atoms with Gasteiger partial charge in [0.1, 0.15) is 0 Å². The van der Waals surface area contributed by atoms with Crippen LogP contribution in [0.5, 0.6) is 0 Å². The molecular weight excluding hydrogens is 360 g/mol. The monoisotopic (exact) mass is 384 g/mol. The lowest BCUT2D eigenvalue weighted by Gasteiger charge is -2.25. The fourth-order valence-corrected chi connectivity index (χ4v) is 4.53. The first-order chi connectivity index (χ1) is 13.1. The minimum atomic E-state index is -3.41. The van der Waals surface area contributed by atoms with E-state index < -0.39 is 10.0 Å². The number of sulfonamides is 1. The molecule has 2 aromatic rings. The lowest BCUT2D eigenvalue weighted by molar-refractivity contribution is -0.116. The van der Waals surface area contributed by atoms with Gasteiger partial charge < -0.3 is 5.32 Å². The molecule has 0 aliphatic carbocycles. The summed E-state index contributed by atoms with van der Waals surface area (Å²) in [5.74, 6) is -0.191. The van der Waals surface area contributed by atoms with E-state index >= 15 is 0 Å². The van der Waals surface area contributed by atoms with Crippen LogP contribution in [0.4, 0.5) is 0 Å². The third-order valence-electron chi connectivity index (χ3n) is 4.57. The molecule has 1 aliphatic rings. The summed E-state index contributed by atoms with van der Waals surface area (Å²) < 4.78 is 26.8. The van der Waals surface area contributed by atoms with Crippen molar-refractivity contribution in [1.29, 1.82) is 0 Å². The summed E-state index contributed by atoms with van der Waals surface area (Å²) in [7, 11) is -3.41. The Balaban J connectivity index is 1.56. The van der Waals surface area contributed by atoms with E-state index in [0.29, 0.717) is 24.5 Å². The van der Waals surface area contributed by atoms with Gasteiger partial charge in [0.15, 0.2) is 0 Å². The second-order valence-electron chi connectivity index (χ2n) is 6.57. The van der Waals surface area contributed by atoms with Crippen LogP contribution in [-0.4, -0.2) is 31.7 Å². The van der Waals surface area contributed by atoms with Gasteiger partial charge in [0.05, 0.1) is 4.90 Å². The summed E-state index contributed by atoms with van der Waals surface area (Å²) in [6.07, 6.45) is 6.16. The zero-order valence-corrected chi connectivity index (χ0v) is 16.0. The van der Waals surface area contributed by atoms with E-state index in [1.54, 1.807) is 34.6 Å². The molecule has 0 spiro atoms. The standard InChI is InChI=1S/C21H24N2O3S/c24-21(14-11-18-7-3-1-4-8-18)22-17-19-9-12-20(13-10-19)27(25,26)23-15-5-2-6-16-23/h1,3-4,7-14H,2,5-6,15-17H2,(H,22,24)/b14-11+. The molecule has 0 unspecified atom stereocenters. The Morgan fingerprint density at radius 1 is 0.963 bits per heavy atom. The van der Waals surface area contributed by atoms with E-state index in [1.165, 1.54) is 6.08 Å². The number of hydrogen-bond donors (Lipinski definition) is 1. The summed E-state index contributed by atoms with van der Waals surface area (Å²) in [4.78, 5) is 12.2. The van der Waals surface area contributed by atoms with Gasteiger partial charge in [-0.05, 0) is 42.2 Å². The van der Waals surface area contributed by atoms with E-state index in [-0.39, 0.29) is 5.91 Å². The van der Waals surface area contributed by atoms with Crippen molar-refractivity contribution in [2.45, 2.75) is 30.7 Å². The van der Waals surface area contributed by atoms with Crippen LogP contribution in [0.2, 0.25) is 0 Å². The summed E-state index contributed by atoms with van der Waals surface area (Å²) in [6, 6.07) is 16.3. The maximum absolute atomic E-state index is 12.6. The van der Waals surface area contributed by atoms with E-state index in [9.17, 15) is 13.2 Å². The quantitative estimate of drug-likeness (QED) is 0.778. The van der Waals surface area contributed by atoms with Crippen molar-refractivity contribution >= 4 is 22.0 Å². The smallest absolute Gasteiger partial charge is 0.244 e. The Bertz CT molecular complexity index is 885. The maximum Gasteiger partial charge on any atom is 0.244 e. The summed E-state index contributed by atoms with van der Waals surface area (Å²) in [5.41, 5.74) is 1.81. The van der Waals surface area contributed by atoms with Crippen LogP contribution in [0, 0.1) is 0 Å². The summed E-state index contributed by atoms with van der Waals surface area (Å²) in [5, 5.41) is 2.81. The largest absolute Gasteiger partial charge is 0.348 e. The number of nitrogens with zero attached hydrogens (tertiary/aromatic N) is 1. The molecule has 1 fully saturated rings. The van der Waals surface area contributed by atoms with Crippen molar-refractivity contribution in [3.63, 3.8) is 0 Å². The molecule has 0 saturated carbocycles. The minimum Gasteiger partial charge on any atom is -0.348 e. The number of hydrogen-bond acceptors (Lipinski definition) is 3. The van der Waals surface area contributed by atoms with Crippen LogP contribution in [0.1, 0.15) is 30.4 Å². The molecule has 0 aromatic heterocycles. The number of piperidine rings is 1.